The number of carbonyl (C=O) groups excluding carboxylic acids is 4. The van der Waals surface area contributed by atoms with Gasteiger partial charge in [0, 0.05) is 20.1 Å². The number of rotatable bonds is 4. The van der Waals surface area contributed by atoms with Crippen molar-refractivity contribution in [3.8, 4) is 5.75 Å². The lowest BCUT2D eigenvalue weighted by Gasteiger charge is -2.35. The molecule has 0 aliphatic carbocycles. The second-order valence-electron chi connectivity index (χ2n) is 12.4. The molecule has 4 bridgehead atoms. The molecule has 4 rings (SSSR count). The van der Waals surface area contributed by atoms with E-state index in [4.69, 9.17) is 9.47 Å². The monoisotopic (exact) mass is 634 g/mol. The summed E-state index contributed by atoms with van der Waals surface area (Å²) in [5.74, 6) is -2.55. The molecule has 46 heavy (non-hydrogen) atoms. The molecule has 1 fully saturated rings. The lowest BCUT2D eigenvalue weighted by Crippen LogP contribution is -2.62. The Hall–Kier alpha value is -4.22. The number of ether oxygens (including phenoxy) is 2. The fraction of sp³-hybridized carbons (Fsp3) is 0.486. The van der Waals surface area contributed by atoms with E-state index in [1.165, 1.54) is 17.1 Å². The maximum atomic E-state index is 14.0. The van der Waals surface area contributed by atoms with E-state index in [1.54, 1.807) is 26.2 Å². The number of allylic oxidation sites excluding steroid dienone is 1. The quantitative estimate of drug-likeness (QED) is 0.375. The summed E-state index contributed by atoms with van der Waals surface area (Å²) < 4.78 is 11.3. The van der Waals surface area contributed by atoms with Gasteiger partial charge in [-0.2, -0.15) is 0 Å². The summed E-state index contributed by atoms with van der Waals surface area (Å²) in [5.41, 5.74) is 5.42. The summed E-state index contributed by atoms with van der Waals surface area (Å²) in [6.07, 6.45) is 5.97. The van der Waals surface area contributed by atoms with Gasteiger partial charge >= 0.3 is 5.97 Å². The van der Waals surface area contributed by atoms with Gasteiger partial charge in [-0.15, -0.1) is 0 Å². The summed E-state index contributed by atoms with van der Waals surface area (Å²) in [6, 6.07) is 11.4. The lowest BCUT2D eigenvalue weighted by molar-refractivity contribution is -0.154. The zero-order chi connectivity index (χ0) is 33.2. The number of hydrazine groups is 1. The number of carbonyl (C=O) groups is 4. The Kier molecular flexibility index (Phi) is 12.3. The van der Waals surface area contributed by atoms with Crippen molar-refractivity contribution in [1.29, 1.82) is 0 Å². The minimum atomic E-state index is -1.05. The Morgan fingerprint density at radius 2 is 1.80 bits per heavy atom. The van der Waals surface area contributed by atoms with Crippen LogP contribution in [-0.2, 0) is 41.7 Å². The number of esters is 1. The first-order valence-corrected chi connectivity index (χ1v) is 16.0. The lowest BCUT2D eigenvalue weighted by atomic mass is 9.96. The average molecular weight is 635 g/mol. The van der Waals surface area contributed by atoms with Crippen LogP contribution >= 0.6 is 0 Å². The predicted octanol–water partition coefficient (Wildman–Crippen LogP) is 3.26. The number of fused-ring (bicyclic) bond motifs is 4. The highest BCUT2D eigenvalue weighted by atomic mass is 16.5. The van der Waals surface area contributed by atoms with Crippen molar-refractivity contribution in [2.75, 3.05) is 13.7 Å². The minimum absolute atomic E-state index is 0.0311. The van der Waals surface area contributed by atoms with Gasteiger partial charge in [0.2, 0.25) is 11.8 Å². The van der Waals surface area contributed by atoms with Crippen LogP contribution in [0.15, 0.2) is 54.6 Å². The third kappa shape index (κ3) is 9.40. The third-order valence-electron chi connectivity index (χ3n) is 8.48. The first kappa shape index (κ1) is 34.6. The van der Waals surface area contributed by atoms with E-state index in [0.717, 1.165) is 11.1 Å². The van der Waals surface area contributed by atoms with Gasteiger partial charge in [-0.05, 0) is 66.5 Å². The zero-order valence-electron chi connectivity index (χ0n) is 27.0. The smallest absolute Gasteiger partial charge is 0.325 e. The molecule has 0 spiro atoms. The molecule has 0 saturated carbocycles. The van der Waals surface area contributed by atoms with Crippen LogP contribution in [-0.4, -0.2) is 71.7 Å². The second-order valence-corrected chi connectivity index (χ2v) is 12.4. The number of aromatic hydroxyl groups is 1. The Morgan fingerprint density at radius 1 is 1.02 bits per heavy atom. The fourth-order valence-corrected chi connectivity index (χ4v) is 5.77. The van der Waals surface area contributed by atoms with Crippen molar-refractivity contribution >= 4 is 29.8 Å². The van der Waals surface area contributed by atoms with Gasteiger partial charge in [0.25, 0.3) is 5.91 Å². The van der Waals surface area contributed by atoms with Gasteiger partial charge in [0.1, 0.15) is 30.5 Å². The molecule has 0 aromatic heterocycles. The van der Waals surface area contributed by atoms with Crippen molar-refractivity contribution in [3.05, 3.63) is 71.3 Å². The molecule has 0 unspecified atom stereocenters. The van der Waals surface area contributed by atoms with Crippen LogP contribution in [0.1, 0.15) is 63.1 Å². The topological polar surface area (TPSA) is 146 Å². The molecule has 5 atom stereocenters. The highest BCUT2D eigenvalue weighted by molar-refractivity contribution is 5.93. The number of phenols is 1. The molecule has 1 saturated heterocycles. The van der Waals surface area contributed by atoms with Crippen LogP contribution in [0.2, 0.25) is 0 Å². The summed E-state index contributed by atoms with van der Waals surface area (Å²) in [4.78, 5) is 54.2. The summed E-state index contributed by atoms with van der Waals surface area (Å²) in [7, 11) is 1.57. The van der Waals surface area contributed by atoms with E-state index < -0.39 is 41.8 Å². The summed E-state index contributed by atoms with van der Waals surface area (Å²) in [5, 5.41) is 17.2. The molecule has 0 radical (unpaired) electrons. The second kappa shape index (κ2) is 16.4. The van der Waals surface area contributed by atoms with E-state index in [9.17, 15) is 24.3 Å². The highest BCUT2D eigenvalue weighted by Crippen LogP contribution is 2.19. The van der Waals surface area contributed by atoms with Gasteiger partial charge in [0.15, 0.2) is 0 Å². The first-order chi connectivity index (χ1) is 22.0. The fourth-order valence-electron chi connectivity index (χ4n) is 5.77. The Balaban J connectivity index is 1.64. The van der Waals surface area contributed by atoms with Crippen molar-refractivity contribution < 1.29 is 33.8 Å². The van der Waals surface area contributed by atoms with Crippen LogP contribution in [0.5, 0.6) is 5.75 Å². The number of nitrogens with zero attached hydrogens (tertiary/aromatic N) is 1. The molecular formula is C35H46N4O7. The van der Waals surface area contributed by atoms with Gasteiger partial charge in [-0.25, -0.2) is 5.43 Å². The molecular weight excluding hydrogens is 588 g/mol. The number of nitrogens with one attached hydrogen (secondary N) is 3. The van der Waals surface area contributed by atoms with Crippen molar-refractivity contribution in [1.82, 2.24) is 21.1 Å². The van der Waals surface area contributed by atoms with Crippen LogP contribution in [0.4, 0.5) is 0 Å². The average Bonchev–Trinajstić information content (AvgIpc) is 3.04. The van der Waals surface area contributed by atoms with Gasteiger partial charge < -0.3 is 25.2 Å². The van der Waals surface area contributed by atoms with Crippen molar-refractivity contribution in [2.45, 2.75) is 83.7 Å². The Bertz CT molecular complexity index is 1410. The van der Waals surface area contributed by atoms with E-state index in [1.807, 2.05) is 50.3 Å². The van der Waals surface area contributed by atoms with Crippen LogP contribution in [0.25, 0.3) is 6.08 Å². The number of methoxy groups -OCH3 is 1. The molecule has 248 valence electrons. The number of cyclic esters (lactones) is 1. The molecule has 2 aliphatic rings. The highest BCUT2D eigenvalue weighted by Gasteiger charge is 2.36. The van der Waals surface area contributed by atoms with Gasteiger partial charge in [0.05, 0.1) is 12.0 Å². The van der Waals surface area contributed by atoms with Crippen molar-refractivity contribution in [2.24, 2.45) is 11.8 Å². The SMILES string of the molecule is CO[C@@H]1CC/C=C/c2cccc(c2)COC(=O)[C@@H]2CCCN(N2)C(=O)[C@H](Cc2cccc(O)c2)NC(=O)[C@H](C(C)C)NC(=O)[C@@H]1C. The maximum Gasteiger partial charge on any atom is 0.325 e. The normalized spacial score (nSPS) is 26.3. The zero-order valence-corrected chi connectivity index (χ0v) is 27.0. The van der Waals surface area contributed by atoms with Crippen LogP contribution < -0.4 is 16.1 Å². The standard InChI is InChI=1S/C35H46N4O7/c1-22(2)31-33(42)36-29(20-25-12-8-14-27(40)19-25)34(43)39-17-9-15-28(38-39)35(44)46-21-26-13-7-11-24(18-26)10-5-6-16-30(45-4)23(3)32(41)37-31/h5,7-8,10-14,18-19,22-23,28-31,38,40H,6,9,15-17,20-21H2,1-4H3,(H,36,42)(H,37,41)/b10-5+/t23-,28+,29+,30-,31+/m1/s1. The van der Waals surface area contributed by atoms with E-state index in [-0.39, 0.29) is 36.7 Å². The molecule has 3 amide bonds. The Morgan fingerprint density at radius 3 is 2.54 bits per heavy atom. The number of amides is 3. The molecule has 4 N–H and O–H groups in total. The molecule has 11 nitrogen and oxygen atoms in total. The number of phenolic OH excluding ortho intramolecular Hbond substituents is 1. The third-order valence-corrected chi connectivity index (χ3v) is 8.48. The number of benzene rings is 2. The number of hydrogen-bond acceptors (Lipinski definition) is 8. The van der Waals surface area contributed by atoms with Crippen LogP contribution in [0, 0.1) is 11.8 Å². The molecule has 2 aliphatic heterocycles. The van der Waals surface area contributed by atoms with Crippen molar-refractivity contribution in [3.63, 3.8) is 0 Å². The summed E-state index contributed by atoms with van der Waals surface area (Å²) >= 11 is 0. The van der Waals surface area contributed by atoms with Gasteiger partial charge in [-0.1, -0.05) is 63.3 Å². The van der Waals surface area contributed by atoms with E-state index in [0.29, 0.717) is 37.8 Å². The molecule has 2 aromatic rings. The number of hydrogen-bond donors (Lipinski definition) is 4. The maximum absolute atomic E-state index is 14.0. The Labute approximate surface area is 270 Å². The largest absolute Gasteiger partial charge is 0.508 e. The summed E-state index contributed by atoms with van der Waals surface area (Å²) in [6.45, 7) is 5.82. The van der Waals surface area contributed by atoms with E-state index >= 15 is 0 Å². The van der Waals surface area contributed by atoms with Gasteiger partial charge in [-0.3, -0.25) is 24.2 Å². The molecule has 2 aromatic carbocycles. The predicted molar refractivity (Wildman–Crippen MR) is 173 cm³/mol. The molecule has 11 heteroatoms. The first-order valence-electron chi connectivity index (χ1n) is 16.0. The molecule has 2 heterocycles. The van der Waals surface area contributed by atoms with E-state index in [2.05, 4.69) is 16.1 Å². The van der Waals surface area contributed by atoms with Crippen LogP contribution in [0.3, 0.4) is 0 Å². The minimum Gasteiger partial charge on any atom is -0.508 e.